The first-order valence-electron chi connectivity index (χ1n) is 11.7. The van der Waals surface area contributed by atoms with Crippen LogP contribution >= 0.6 is 0 Å². The van der Waals surface area contributed by atoms with Crippen LogP contribution in [0, 0.1) is 11.8 Å². The van der Waals surface area contributed by atoms with Gasteiger partial charge in [0.2, 0.25) is 5.79 Å². The molecule has 2 fully saturated rings. The van der Waals surface area contributed by atoms with Gasteiger partial charge in [0.05, 0.1) is 36.9 Å². The fraction of sp³-hybridized carbons (Fsp3) is 0.357. The predicted molar refractivity (Wildman–Crippen MR) is 130 cm³/mol. The first-order chi connectivity index (χ1) is 17.6. The van der Waals surface area contributed by atoms with Crippen molar-refractivity contribution < 1.29 is 38.0 Å². The van der Waals surface area contributed by atoms with Crippen LogP contribution < -0.4 is 0 Å². The Labute approximate surface area is 210 Å². The molecule has 0 aromatic heterocycles. The fourth-order valence-corrected chi connectivity index (χ4v) is 4.75. The molecule has 6 atom stereocenters. The number of methoxy groups -OCH3 is 1. The largest absolute Gasteiger partial charge is 0.455 e. The lowest BCUT2D eigenvalue weighted by Crippen LogP contribution is -2.65. The first-order valence-corrected chi connectivity index (χ1v) is 11.7. The van der Waals surface area contributed by atoms with Gasteiger partial charge >= 0.3 is 11.9 Å². The molecule has 2 aromatic rings. The van der Waals surface area contributed by atoms with Crippen molar-refractivity contribution in [3.8, 4) is 0 Å². The molecule has 1 aliphatic carbocycles. The Kier molecular flexibility index (Phi) is 8.32. The molecule has 0 N–H and O–H groups in total. The van der Waals surface area contributed by atoms with Crippen molar-refractivity contribution in [3.63, 3.8) is 0 Å². The number of carbonyl (C=O) groups excluding carboxylic acids is 2. The summed E-state index contributed by atoms with van der Waals surface area (Å²) in [5, 5.41) is 0. The summed E-state index contributed by atoms with van der Waals surface area (Å²) in [5.74, 6) is -3.91. The molecule has 1 heterocycles. The summed E-state index contributed by atoms with van der Waals surface area (Å²) in [5.41, 5.74) is 0.735. The molecule has 2 aliphatic rings. The number of fused-ring (bicyclic) bond motifs is 1. The van der Waals surface area contributed by atoms with Crippen LogP contribution in [0.4, 0.5) is 0 Å². The number of hydrogen-bond donors (Lipinski definition) is 0. The van der Waals surface area contributed by atoms with E-state index in [0.29, 0.717) is 11.1 Å². The number of esters is 2. The zero-order chi connectivity index (χ0) is 25.5. The summed E-state index contributed by atoms with van der Waals surface area (Å²) >= 11 is 0. The molecule has 0 spiro atoms. The molecule has 0 radical (unpaired) electrons. The molecule has 1 saturated carbocycles. The number of hydrogen-bond acceptors (Lipinski definition) is 8. The van der Waals surface area contributed by atoms with Gasteiger partial charge in [-0.1, -0.05) is 48.6 Å². The minimum absolute atomic E-state index is 0.0573. The van der Waals surface area contributed by atoms with Gasteiger partial charge in [0.15, 0.2) is 6.29 Å². The van der Waals surface area contributed by atoms with E-state index in [1.54, 1.807) is 66.7 Å². The average Bonchev–Trinajstić information content (AvgIpc) is 3.08. The van der Waals surface area contributed by atoms with Crippen molar-refractivity contribution in [2.75, 3.05) is 26.9 Å². The Hall–Kier alpha value is -3.30. The van der Waals surface area contributed by atoms with Gasteiger partial charge < -0.3 is 28.4 Å². The molecule has 36 heavy (non-hydrogen) atoms. The van der Waals surface area contributed by atoms with Crippen molar-refractivity contribution in [1.29, 1.82) is 0 Å². The standard InChI is InChI=1S/C28H30O8/c1-4-16-32-18-21-23(34-25(29)19-12-8-6-9-13-19)24(33-17-5-2)22-27(31-3)36-28(21,22)35-26(30)20-14-10-7-11-15-20/h4-15,21-24,27H,1-2,16-18H2,3H3/t21?,22?,23-,24?,27+,28?/m1/s1. The Morgan fingerprint density at radius 1 is 0.917 bits per heavy atom. The van der Waals surface area contributed by atoms with Crippen molar-refractivity contribution in [2.45, 2.75) is 24.3 Å². The van der Waals surface area contributed by atoms with E-state index in [4.69, 9.17) is 28.4 Å². The molecule has 0 amide bonds. The predicted octanol–water partition coefficient (Wildman–Crippen LogP) is 3.79. The lowest BCUT2D eigenvalue weighted by atomic mass is 9.88. The Morgan fingerprint density at radius 2 is 1.53 bits per heavy atom. The fourth-order valence-electron chi connectivity index (χ4n) is 4.75. The summed E-state index contributed by atoms with van der Waals surface area (Å²) in [6, 6.07) is 17.2. The highest BCUT2D eigenvalue weighted by atomic mass is 16.8. The van der Waals surface area contributed by atoms with E-state index in [9.17, 15) is 9.59 Å². The van der Waals surface area contributed by atoms with E-state index in [2.05, 4.69) is 13.2 Å². The van der Waals surface area contributed by atoms with Crippen molar-refractivity contribution in [2.24, 2.45) is 11.8 Å². The highest BCUT2D eigenvalue weighted by molar-refractivity contribution is 5.90. The van der Waals surface area contributed by atoms with Gasteiger partial charge in [0.25, 0.3) is 0 Å². The second kappa shape index (κ2) is 11.6. The van der Waals surface area contributed by atoms with E-state index in [1.807, 2.05) is 6.07 Å². The number of benzene rings is 2. The zero-order valence-electron chi connectivity index (χ0n) is 20.1. The SMILES string of the molecule is C=CCOCC1[C@@H](OC(=O)c2ccccc2)C(OCC=C)C2[C@@H](OC)OC21OC(=O)c1ccccc1. The first kappa shape index (κ1) is 25.8. The van der Waals surface area contributed by atoms with E-state index in [-0.39, 0.29) is 19.8 Å². The molecular weight excluding hydrogens is 464 g/mol. The molecule has 1 aliphatic heterocycles. The van der Waals surface area contributed by atoms with Gasteiger partial charge in [-0.25, -0.2) is 9.59 Å². The van der Waals surface area contributed by atoms with E-state index < -0.39 is 48.1 Å². The molecule has 0 bridgehead atoms. The highest BCUT2D eigenvalue weighted by Gasteiger charge is 2.76. The smallest absolute Gasteiger partial charge is 0.340 e. The molecular formula is C28H30O8. The normalized spacial score (nSPS) is 28.4. The summed E-state index contributed by atoms with van der Waals surface area (Å²) in [4.78, 5) is 26.3. The molecule has 4 rings (SSSR count). The van der Waals surface area contributed by atoms with E-state index in [1.165, 1.54) is 7.11 Å². The average molecular weight is 495 g/mol. The van der Waals surface area contributed by atoms with Crippen LogP contribution in [0.2, 0.25) is 0 Å². The van der Waals surface area contributed by atoms with Crippen LogP contribution in [-0.2, 0) is 28.4 Å². The van der Waals surface area contributed by atoms with Crippen molar-refractivity contribution in [3.05, 3.63) is 97.1 Å². The molecule has 4 unspecified atom stereocenters. The third-order valence-corrected chi connectivity index (χ3v) is 6.34. The van der Waals surface area contributed by atoms with Crippen molar-refractivity contribution in [1.82, 2.24) is 0 Å². The van der Waals surface area contributed by atoms with Crippen LogP contribution in [0.25, 0.3) is 0 Å². The van der Waals surface area contributed by atoms with Gasteiger partial charge in [-0.2, -0.15) is 0 Å². The van der Waals surface area contributed by atoms with Gasteiger partial charge in [0, 0.05) is 7.11 Å². The second-order valence-corrected chi connectivity index (χ2v) is 8.48. The zero-order valence-corrected chi connectivity index (χ0v) is 20.1. The molecule has 190 valence electrons. The molecule has 2 aromatic carbocycles. The Bertz CT molecular complexity index is 1060. The third-order valence-electron chi connectivity index (χ3n) is 6.34. The lowest BCUT2D eigenvalue weighted by Gasteiger charge is -2.51. The summed E-state index contributed by atoms with van der Waals surface area (Å²) < 4.78 is 35.5. The van der Waals surface area contributed by atoms with Gasteiger partial charge in [-0.15, -0.1) is 13.2 Å². The van der Waals surface area contributed by atoms with Gasteiger partial charge in [-0.05, 0) is 24.3 Å². The van der Waals surface area contributed by atoms with E-state index in [0.717, 1.165) is 0 Å². The van der Waals surface area contributed by atoms with Crippen LogP contribution in [-0.4, -0.2) is 63.2 Å². The lowest BCUT2D eigenvalue weighted by molar-refractivity contribution is -0.431. The van der Waals surface area contributed by atoms with Crippen LogP contribution in [0.1, 0.15) is 20.7 Å². The van der Waals surface area contributed by atoms with Gasteiger partial charge in [-0.3, -0.25) is 0 Å². The molecule has 1 saturated heterocycles. The molecule has 8 heteroatoms. The Morgan fingerprint density at radius 3 is 2.11 bits per heavy atom. The summed E-state index contributed by atoms with van der Waals surface area (Å²) in [6.07, 6.45) is 0.874. The quantitative estimate of drug-likeness (QED) is 0.250. The second-order valence-electron chi connectivity index (χ2n) is 8.48. The number of carbonyl (C=O) groups is 2. The minimum Gasteiger partial charge on any atom is -0.455 e. The van der Waals surface area contributed by atoms with E-state index >= 15 is 0 Å². The topological polar surface area (TPSA) is 89.5 Å². The highest BCUT2D eigenvalue weighted by Crippen LogP contribution is 2.57. The monoisotopic (exact) mass is 494 g/mol. The Balaban J connectivity index is 1.71. The maximum absolute atomic E-state index is 13.2. The van der Waals surface area contributed by atoms with Crippen LogP contribution in [0.15, 0.2) is 86.0 Å². The summed E-state index contributed by atoms with van der Waals surface area (Å²) in [7, 11) is 1.49. The minimum atomic E-state index is -1.50. The number of ether oxygens (including phenoxy) is 6. The summed E-state index contributed by atoms with van der Waals surface area (Å²) in [6.45, 7) is 7.89. The van der Waals surface area contributed by atoms with Crippen LogP contribution in [0.3, 0.4) is 0 Å². The molecule has 8 nitrogen and oxygen atoms in total. The van der Waals surface area contributed by atoms with Crippen LogP contribution in [0.5, 0.6) is 0 Å². The third kappa shape index (κ3) is 4.99. The van der Waals surface area contributed by atoms with Crippen molar-refractivity contribution >= 4 is 11.9 Å². The number of rotatable bonds is 12. The maximum Gasteiger partial charge on any atom is 0.340 e. The van der Waals surface area contributed by atoms with Gasteiger partial charge in [0.1, 0.15) is 18.1 Å². The maximum atomic E-state index is 13.2.